The summed E-state index contributed by atoms with van der Waals surface area (Å²) < 4.78 is 5.23. The third-order valence-electron chi connectivity index (χ3n) is 2.20. The molecule has 1 aromatic heterocycles. The molecule has 0 aliphatic heterocycles. The lowest BCUT2D eigenvalue weighted by Gasteiger charge is -2.09. The topological polar surface area (TPSA) is 25.2 Å². The largest absolute Gasteiger partial charge is 0.448 e. The van der Waals surface area contributed by atoms with Gasteiger partial charge in [0.15, 0.2) is 5.22 Å². The molecule has 0 aromatic carbocycles. The maximum atomic E-state index is 5.65. The fraction of sp³-hybridized carbons (Fsp3) is 0.400. The Labute approximate surface area is 82.6 Å². The van der Waals surface area contributed by atoms with Gasteiger partial charge < -0.3 is 9.73 Å². The molecule has 3 heteroatoms. The van der Waals surface area contributed by atoms with Crippen molar-refractivity contribution in [3.8, 4) is 0 Å². The molecule has 1 aliphatic carbocycles. The molecule has 0 saturated heterocycles. The minimum Gasteiger partial charge on any atom is -0.448 e. The van der Waals surface area contributed by atoms with Crippen LogP contribution in [0.3, 0.4) is 0 Å². The zero-order chi connectivity index (χ0) is 9.10. The van der Waals surface area contributed by atoms with Crippen LogP contribution in [-0.2, 0) is 6.54 Å². The van der Waals surface area contributed by atoms with Gasteiger partial charge in [-0.05, 0) is 36.6 Å². The first-order valence-electron chi connectivity index (χ1n) is 4.47. The van der Waals surface area contributed by atoms with Gasteiger partial charge in [-0.3, -0.25) is 0 Å². The summed E-state index contributed by atoms with van der Waals surface area (Å²) in [5.74, 6) is 0.900. The molecule has 0 amide bonds. The predicted octanol–water partition coefficient (Wildman–Crippen LogP) is 2.74. The van der Waals surface area contributed by atoms with Crippen molar-refractivity contribution in [2.24, 2.45) is 0 Å². The van der Waals surface area contributed by atoms with E-state index in [4.69, 9.17) is 16.0 Å². The van der Waals surface area contributed by atoms with E-state index in [2.05, 4.69) is 17.5 Å². The van der Waals surface area contributed by atoms with Gasteiger partial charge in [-0.25, -0.2) is 0 Å². The fourth-order valence-electron chi connectivity index (χ4n) is 1.48. The molecule has 0 saturated carbocycles. The Bertz CT molecular complexity index is 298. The van der Waals surface area contributed by atoms with Crippen molar-refractivity contribution >= 4 is 11.6 Å². The number of halogens is 1. The van der Waals surface area contributed by atoms with Crippen molar-refractivity contribution < 1.29 is 4.42 Å². The lowest BCUT2D eigenvalue weighted by atomic mass is 10.2. The number of furan rings is 1. The SMILES string of the molecule is Clc1ccc(CNC2CC=CC2)o1. The Hall–Kier alpha value is -0.730. The summed E-state index contributed by atoms with van der Waals surface area (Å²) in [6, 6.07) is 4.24. The van der Waals surface area contributed by atoms with Crippen molar-refractivity contribution in [1.82, 2.24) is 5.32 Å². The highest BCUT2D eigenvalue weighted by atomic mass is 35.5. The highest BCUT2D eigenvalue weighted by Crippen LogP contribution is 2.14. The first-order chi connectivity index (χ1) is 6.34. The van der Waals surface area contributed by atoms with Crippen LogP contribution in [0.1, 0.15) is 18.6 Å². The molecular formula is C10H12ClNO. The minimum atomic E-state index is 0.460. The Morgan fingerprint density at radius 3 is 2.77 bits per heavy atom. The van der Waals surface area contributed by atoms with E-state index < -0.39 is 0 Å². The molecule has 70 valence electrons. The van der Waals surface area contributed by atoms with E-state index in [0.717, 1.165) is 25.1 Å². The monoisotopic (exact) mass is 197 g/mol. The molecule has 13 heavy (non-hydrogen) atoms. The van der Waals surface area contributed by atoms with E-state index in [-0.39, 0.29) is 0 Å². The molecule has 1 aromatic rings. The maximum absolute atomic E-state index is 5.65. The van der Waals surface area contributed by atoms with Gasteiger partial charge in [-0.1, -0.05) is 12.2 Å². The number of nitrogens with one attached hydrogen (secondary N) is 1. The summed E-state index contributed by atoms with van der Waals surface area (Å²) in [4.78, 5) is 0. The van der Waals surface area contributed by atoms with E-state index in [9.17, 15) is 0 Å². The lowest BCUT2D eigenvalue weighted by Crippen LogP contribution is -2.25. The third kappa shape index (κ3) is 2.36. The third-order valence-corrected chi connectivity index (χ3v) is 2.40. The molecule has 1 heterocycles. The van der Waals surface area contributed by atoms with Crippen molar-refractivity contribution in [3.63, 3.8) is 0 Å². The average molecular weight is 198 g/mol. The van der Waals surface area contributed by atoms with Gasteiger partial charge in [0, 0.05) is 6.04 Å². The first kappa shape index (κ1) is 8.85. The summed E-state index contributed by atoms with van der Waals surface area (Å²) in [7, 11) is 0. The zero-order valence-corrected chi connectivity index (χ0v) is 8.05. The van der Waals surface area contributed by atoms with Gasteiger partial charge in [0.25, 0.3) is 0 Å². The van der Waals surface area contributed by atoms with E-state index >= 15 is 0 Å². The number of hydrogen-bond acceptors (Lipinski definition) is 2. The molecule has 1 N–H and O–H groups in total. The normalized spacial score (nSPS) is 17.0. The van der Waals surface area contributed by atoms with E-state index in [0.29, 0.717) is 11.3 Å². The predicted molar refractivity (Wildman–Crippen MR) is 52.7 cm³/mol. The van der Waals surface area contributed by atoms with E-state index in [1.54, 1.807) is 6.07 Å². The van der Waals surface area contributed by atoms with Gasteiger partial charge in [-0.2, -0.15) is 0 Å². The van der Waals surface area contributed by atoms with Gasteiger partial charge in [0.2, 0.25) is 0 Å². The standard InChI is InChI=1S/C10H12ClNO/c11-10-6-5-9(13-10)7-12-8-3-1-2-4-8/h1-2,5-6,8,12H,3-4,7H2. The van der Waals surface area contributed by atoms with Crippen LogP contribution in [0, 0.1) is 0 Å². The second kappa shape index (κ2) is 3.99. The number of hydrogen-bond donors (Lipinski definition) is 1. The van der Waals surface area contributed by atoms with Crippen LogP contribution in [0.15, 0.2) is 28.7 Å². The highest BCUT2D eigenvalue weighted by molar-refractivity contribution is 6.28. The molecule has 0 bridgehead atoms. The second-order valence-electron chi connectivity index (χ2n) is 3.23. The Morgan fingerprint density at radius 2 is 2.15 bits per heavy atom. The van der Waals surface area contributed by atoms with Crippen LogP contribution in [0.25, 0.3) is 0 Å². The van der Waals surface area contributed by atoms with Crippen LogP contribution < -0.4 is 5.32 Å². The summed E-state index contributed by atoms with van der Waals surface area (Å²) >= 11 is 5.65. The Morgan fingerprint density at radius 1 is 1.38 bits per heavy atom. The van der Waals surface area contributed by atoms with Crippen LogP contribution in [0.5, 0.6) is 0 Å². The van der Waals surface area contributed by atoms with Crippen molar-refractivity contribution in [3.05, 3.63) is 35.3 Å². The van der Waals surface area contributed by atoms with Crippen LogP contribution in [0.2, 0.25) is 5.22 Å². The van der Waals surface area contributed by atoms with Crippen molar-refractivity contribution in [1.29, 1.82) is 0 Å². The fourth-order valence-corrected chi connectivity index (χ4v) is 1.64. The summed E-state index contributed by atoms with van der Waals surface area (Å²) in [5.41, 5.74) is 0. The molecule has 2 nitrogen and oxygen atoms in total. The molecule has 1 aliphatic rings. The quantitative estimate of drug-likeness (QED) is 0.754. The molecular weight excluding hydrogens is 186 g/mol. The number of rotatable bonds is 3. The van der Waals surface area contributed by atoms with Gasteiger partial charge in [0.1, 0.15) is 5.76 Å². The van der Waals surface area contributed by atoms with Gasteiger partial charge in [0.05, 0.1) is 6.54 Å². The first-order valence-corrected chi connectivity index (χ1v) is 4.85. The Kier molecular flexibility index (Phi) is 2.71. The Balaban J connectivity index is 1.79. The summed E-state index contributed by atoms with van der Waals surface area (Å²) in [5, 5.41) is 3.86. The maximum Gasteiger partial charge on any atom is 0.193 e. The van der Waals surface area contributed by atoms with Crippen LogP contribution in [-0.4, -0.2) is 6.04 Å². The summed E-state index contributed by atoms with van der Waals surface area (Å²) in [6.07, 6.45) is 6.64. The van der Waals surface area contributed by atoms with Crippen LogP contribution in [0.4, 0.5) is 0 Å². The molecule has 0 fully saturated rings. The molecule has 0 atom stereocenters. The zero-order valence-electron chi connectivity index (χ0n) is 7.29. The average Bonchev–Trinajstić information content (AvgIpc) is 2.71. The van der Waals surface area contributed by atoms with Crippen molar-refractivity contribution in [2.45, 2.75) is 25.4 Å². The molecule has 0 spiro atoms. The van der Waals surface area contributed by atoms with Crippen molar-refractivity contribution in [2.75, 3.05) is 0 Å². The molecule has 0 unspecified atom stereocenters. The van der Waals surface area contributed by atoms with Crippen LogP contribution >= 0.6 is 11.6 Å². The molecule has 0 radical (unpaired) electrons. The van der Waals surface area contributed by atoms with E-state index in [1.165, 1.54) is 0 Å². The van der Waals surface area contributed by atoms with Gasteiger partial charge in [-0.15, -0.1) is 0 Å². The minimum absolute atomic E-state index is 0.460. The molecule has 2 rings (SSSR count). The lowest BCUT2D eigenvalue weighted by molar-refractivity contribution is 0.452. The highest BCUT2D eigenvalue weighted by Gasteiger charge is 2.09. The summed E-state index contributed by atoms with van der Waals surface area (Å²) in [6.45, 7) is 0.763. The van der Waals surface area contributed by atoms with E-state index in [1.807, 2.05) is 6.07 Å². The van der Waals surface area contributed by atoms with Gasteiger partial charge >= 0.3 is 0 Å². The smallest absolute Gasteiger partial charge is 0.193 e. The second-order valence-corrected chi connectivity index (χ2v) is 3.60.